The maximum Gasteiger partial charge on any atom is 0.214 e. The van der Waals surface area contributed by atoms with Crippen molar-refractivity contribution in [1.29, 1.82) is 0 Å². The van der Waals surface area contributed by atoms with E-state index >= 15 is 0 Å². The first kappa shape index (κ1) is 17.8. The number of ether oxygens (including phenoxy) is 1. The van der Waals surface area contributed by atoms with Crippen molar-refractivity contribution < 1.29 is 9.13 Å². The van der Waals surface area contributed by atoms with Crippen LogP contribution in [0.3, 0.4) is 0 Å². The fraction of sp³-hybridized carbons (Fsp3) is 0.250. The number of nitroso groups, excluding NO2 is 1. The normalized spacial score (nSPS) is 10.8. The monoisotopic (exact) mass is 353 g/mol. The minimum absolute atomic E-state index is 0.255. The van der Waals surface area contributed by atoms with E-state index in [1.54, 1.807) is 26.1 Å². The van der Waals surface area contributed by atoms with Crippen LogP contribution in [-0.4, -0.2) is 9.78 Å². The fourth-order valence-electron chi connectivity index (χ4n) is 2.95. The van der Waals surface area contributed by atoms with Crippen molar-refractivity contribution in [2.75, 3.05) is 0 Å². The van der Waals surface area contributed by atoms with E-state index in [2.05, 4.69) is 10.3 Å². The Morgan fingerprint density at radius 3 is 2.54 bits per heavy atom. The Morgan fingerprint density at radius 1 is 1.15 bits per heavy atom. The largest absolute Gasteiger partial charge is 0.489 e. The molecule has 3 rings (SSSR count). The maximum atomic E-state index is 13.9. The summed E-state index contributed by atoms with van der Waals surface area (Å²) in [6.45, 7) is 5.81. The third kappa shape index (κ3) is 3.22. The third-order valence-electron chi connectivity index (χ3n) is 4.50. The maximum absolute atomic E-state index is 13.9. The highest BCUT2D eigenvalue weighted by atomic mass is 19.1. The molecule has 0 radical (unpaired) electrons. The van der Waals surface area contributed by atoms with Gasteiger partial charge in [-0.25, -0.2) is 4.68 Å². The Morgan fingerprint density at radius 2 is 1.92 bits per heavy atom. The van der Waals surface area contributed by atoms with Crippen LogP contribution in [0, 0.1) is 31.6 Å². The molecule has 3 aromatic rings. The summed E-state index contributed by atoms with van der Waals surface area (Å²) in [6.07, 6.45) is 0. The van der Waals surface area contributed by atoms with E-state index in [9.17, 15) is 9.30 Å². The highest BCUT2D eigenvalue weighted by molar-refractivity contribution is 5.65. The molecule has 26 heavy (non-hydrogen) atoms. The topological polar surface area (TPSA) is 56.5 Å². The molecule has 0 aliphatic carbocycles. The van der Waals surface area contributed by atoms with Crippen LogP contribution in [0.25, 0.3) is 11.3 Å². The van der Waals surface area contributed by atoms with Crippen LogP contribution in [0.2, 0.25) is 0 Å². The van der Waals surface area contributed by atoms with Gasteiger partial charge in [0.05, 0.1) is 5.69 Å². The van der Waals surface area contributed by atoms with Gasteiger partial charge in [-0.05, 0) is 61.3 Å². The van der Waals surface area contributed by atoms with Crippen LogP contribution >= 0.6 is 0 Å². The second-order valence-electron chi connectivity index (χ2n) is 6.32. The standard InChI is InChI=1S/C20H20FN3O2/c1-12-6-5-7-17(23-25)16(12)11-26-18-9-8-15(10-13(18)2)19-14(3)20(21)24(4)22-19/h5-10H,11H2,1-4H3. The zero-order valence-corrected chi connectivity index (χ0v) is 15.2. The van der Waals surface area contributed by atoms with Crippen LogP contribution in [0.4, 0.5) is 10.1 Å². The summed E-state index contributed by atoms with van der Waals surface area (Å²) >= 11 is 0. The van der Waals surface area contributed by atoms with Gasteiger partial charge in [-0.1, -0.05) is 12.1 Å². The van der Waals surface area contributed by atoms with Gasteiger partial charge in [0.15, 0.2) is 0 Å². The van der Waals surface area contributed by atoms with Gasteiger partial charge in [0.25, 0.3) is 0 Å². The molecule has 0 saturated carbocycles. The molecular weight excluding hydrogens is 333 g/mol. The van der Waals surface area contributed by atoms with E-state index in [4.69, 9.17) is 4.74 Å². The number of hydrogen-bond donors (Lipinski definition) is 0. The molecule has 0 saturated heterocycles. The van der Waals surface area contributed by atoms with Crippen molar-refractivity contribution >= 4 is 5.69 Å². The van der Waals surface area contributed by atoms with Crippen LogP contribution in [0.15, 0.2) is 41.6 Å². The van der Waals surface area contributed by atoms with Gasteiger partial charge in [0.1, 0.15) is 18.0 Å². The highest BCUT2D eigenvalue weighted by Crippen LogP contribution is 2.30. The third-order valence-corrected chi connectivity index (χ3v) is 4.50. The van der Waals surface area contributed by atoms with Crippen LogP contribution in [0.1, 0.15) is 22.3 Å². The molecule has 0 aliphatic rings. The van der Waals surface area contributed by atoms with Gasteiger partial charge in [0.2, 0.25) is 5.95 Å². The lowest BCUT2D eigenvalue weighted by Crippen LogP contribution is -2.00. The predicted octanol–water partition coefficient (Wildman–Crippen LogP) is 5.13. The lowest BCUT2D eigenvalue weighted by molar-refractivity contribution is 0.304. The molecule has 0 spiro atoms. The van der Waals surface area contributed by atoms with Crippen molar-refractivity contribution in [3.05, 3.63) is 69.5 Å². The molecule has 5 nitrogen and oxygen atoms in total. The summed E-state index contributed by atoms with van der Waals surface area (Å²) in [6, 6.07) is 11.0. The lowest BCUT2D eigenvalue weighted by atomic mass is 10.1. The molecule has 0 amide bonds. The van der Waals surface area contributed by atoms with Gasteiger partial charge >= 0.3 is 0 Å². The summed E-state index contributed by atoms with van der Waals surface area (Å²) in [7, 11) is 1.58. The van der Waals surface area contributed by atoms with E-state index in [-0.39, 0.29) is 12.6 Å². The Balaban J connectivity index is 1.85. The Bertz CT molecular complexity index is 979. The minimum Gasteiger partial charge on any atom is -0.489 e. The second-order valence-corrected chi connectivity index (χ2v) is 6.32. The molecule has 2 aromatic carbocycles. The predicted molar refractivity (Wildman–Crippen MR) is 99.0 cm³/mol. The fourth-order valence-corrected chi connectivity index (χ4v) is 2.95. The molecule has 0 aliphatic heterocycles. The zero-order valence-electron chi connectivity index (χ0n) is 15.2. The Kier molecular flexibility index (Phi) is 4.84. The van der Waals surface area contributed by atoms with Crippen molar-refractivity contribution in [1.82, 2.24) is 9.78 Å². The summed E-state index contributed by atoms with van der Waals surface area (Å²) in [5, 5.41) is 7.30. The smallest absolute Gasteiger partial charge is 0.214 e. The molecule has 6 heteroatoms. The first-order valence-electron chi connectivity index (χ1n) is 8.27. The van der Waals surface area contributed by atoms with E-state index in [1.807, 2.05) is 38.1 Å². The Labute approximate surface area is 151 Å². The van der Waals surface area contributed by atoms with Gasteiger partial charge in [-0.3, -0.25) is 0 Å². The van der Waals surface area contributed by atoms with Crippen molar-refractivity contribution in [2.45, 2.75) is 27.4 Å². The van der Waals surface area contributed by atoms with Crippen LogP contribution < -0.4 is 4.74 Å². The van der Waals surface area contributed by atoms with Crippen molar-refractivity contribution in [3.63, 3.8) is 0 Å². The number of benzene rings is 2. The van der Waals surface area contributed by atoms with Crippen molar-refractivity contribution in [3.8, 4) is 17.0 Å². The molecule has 0 fully saturated rings. The first-order chi connectivity index (χ1) is 12.4. The summed E-state index contributed by atoms with van der Waals surface area (Å²) < 4.78 is 21.0. The zero-order chi connectivity index (χ0) is 18.8. The molecule has 134 valence electrons. The van der Waals surface area contributed by atoms with Crippen LogP contribution in [0.5, 0.6) is 5.75 Å². The highest BCUT2D eigenvalue weighted by Gasteiger charge is 2.15. The lowest BCUT2D eigenvalue weighted by Gasteiger charge is -2.13. The Hall–Kier alpha value is -3.02. The molecule has 0 atom stereocenters. The summed E-state index contributed by atoms with van der Waals surface area (Å²) in [5.41, 5.74) is 4.98. The second kappa shape index (κ2) is 7.07. The van der Waals surface area contributed by atoms with Gasteiger partial charge < -0.3 is 4.74 Å². The SMILES string of the molecule is Cc1cc(-c2nn(C)c(F)c2C)ccc1OCc1c(C)cccc1N=O. The molecular formula is C20H20FN3O2. The number of aromatic nitrogens is 2. The quantitative estimate of drug-likeness (QED) is 0.598. The van der Waals surface area contributed by atoms with E-state index < -0.39 is 0 Å². The number of nitrogens with zero attached hydrogens (tertiary/aromatic N) is 3. The molecule has 0 bridgehead atoms. The van der Waals surface area contributed by atoms with E-state index in [0.717, 1.165) is 22.3 Å². The van der Waals surface area contributed by atoms with Crippen LogP contribution in [-0.2, 0) is 13.7 Å². The minimum atomic E-state index is -0.341. The molecule has 1 heterocycles. The van der Waals surface area contributed by atoms with Gasteiger partial charge in [-0.2, -0.15) is 9.49 Å². The average molecular weight is 353 g/mol. The summed E-state index contributed by atoms with van der Waals surface area (Å²) in [5.74, 6) is 0.356. The van der Waals surface area contributed by atoms with Crippen molar-refractivity contribution in [2.24, 2.45) is 12.2 Å². The van der Waals surface area contributed by atoms with Gasteiger partial charge in [0, 0.05) is 23.7 Å². The summed E-state index contributed by atoms with van der Waals surface area (Å²) in [4.78, 5) is 11.0. The van der Waals surface area contributed by atoms with E-state index in [1.165, 1.54) is 4.68 Å². The number of halogens is 1. The number of aryl methyl sites for hydroxylation is 3. The average Bonchev–Trinajstić information content (AvgIpc) is 2.88. The molecule has 0 N–H and O–H groups in total. The number of hydrogen-bond acceptors (Lipinski definition) is 4. The molecule has 1 aromatic heterocycles. The van der Waals surface area contributed by atoms with E-state index in [0.29, 0.717) is 22.7 Å². The number of rotatable bonds is 5. The van der Waals surface area contributed by atoms with Gasteiger partial charge in [-0.15, -0.1) is 4.91 Å². The molecule has 0 unspecified atom stereocenters. The first-order valence-corrected chi connectivity index (χ1v) is 8.27.